The highest BCUT2D eigenvalue weighted by Crippen LogP contribution is 2.13. The van der Waals surface area contributed by atoms with Crippen LogP contribution in [-0.4, -0.2) is 59.5 Å². The highest BCUT2D eigenvalue weighted by atomic mass is 32.2. The Balaban J connectivity index is 1.91. The third kappa shape index (κ3) is 2.93. The van der Waals surface area contributed by atoms with Crippen molar-refractivity contribution in [2.24, 2.45) is 10.9 Å². The third-order valence-electron chi connectivity index (χ3n) is 2.70. The van der Waals surface area contributed by atoms with Crippen molar-refractivity contribution in [2.45, 2.75) is 6.42 Å². The summed E-state index contributed by atoms with van der Waals surface area (Å²) in [6, 6.07) is 0. The molecule has 0 radical (unpaired) electrons. The number of oxime groups is 1. The van der Waals surface area contributed by atoms with Gasteiger partial charge in [-0.1, -0.05) is 5.16 Å². The summed E-state index contributed by atoms with van der Waals surface area (Å²) in [4.78, 5) is 0. The summed E-state index contributed by atoms with van der Waals surface area (Å²) >= 11 is 0. The number of hydrogen-bond donors (Lipinski definition) is 3. The van der Waals surface area contributed by atoms with Gasteiger partial charge >= 0.3 is 0 Å². The molecule has 0 unspecified atom stereocenters. The predicted octanol–water partition coefficient (Wildman–Crippen LogP) is -1.39. The van der Waals surface area contributed by atoms with Crippen LogP contribution in [0, 0.1) is 0 Å². The van der Waals surface area contributed by atoms with Crippen LogP contribution in [-0.2, 0) is 10.0 Å². The number of nitrogens with two attached hydrogens (primary N) is 1. The Kier molecular flexibility index (Phi) is 3.85. The van der Waals surface area contributed by atoms with Crippen molar-refractivity contribution in [3.63, 3.8) is 0 Å². The molecule has 0 bridgehead atoms. The maximum atomic E-state index is 11.8. The zero-order chi connectivity index (χ0) is 13.9. The number of anilines is 1. The van der Waals surface area contributed by atoms with Crippen molar-refractivity contribution in [3.05, 3.63) is 5.69 Å². The molecule has 106 valence electrons. The molecule has 0 atom stereocenters. The van der Waals surface area contributed by atoms with Gasteiger partial charge in [-0.3, -0.25) is 0 Å². The molecule has 0 aromatic carbocycles. The van der Waals surface area contributed by atoms with Gasteiger partial charge in [0.05, 0.1) is 5.75 Å². The van der Waals surface area contributed by atoms with Crippen LogP contribution in [0.15, 0.2) is 9.78 Å². The molecule has 2 heterocycles. The molecule has 1 aliphatic heterocycles. The lowest BCUT2D eigenvalue weighted by Gasteiger charge is -2.29. The number of aromatic nitrogens is 2. The zero-order valence-electron chi connectivity index (χ0n) is 9.98. The van der Waals surface area contributed by atoms with E-state index in [0.29, 0.717) is 13.1 Å². The smallest absolute Gasteiger partial charge is 0.215 e. The Morgan fingerprint density at radius 2 is 2.26 bits per heavy atom. The van der Waals surface area contributed by atoms with Gasteiger partial charge in [0.25, 0.3) is 0 Å². The third-order valence-corrected chi connectivity index (χ3v) is 4.57. The van der Waals surface area contributed by atoms with Gasteiger partial charge in [-0.15, -0.1) is 0 Å². The van der Waals surface area contributed by atoms with Crippen molar-refractivity contribution in [1.82, 2.24) is 14.6 Å². The Hall–Kier alpha value is -1.88. The lowest BCUT2D eigenvalue weighted by molar-refractivity contribution is 0.304. The van der Waals surface area contributed by atoms with Gasteiger partial charge in [0.1, 0.15) is 0 Å². The van der Waals surface area contributed by atoms with E-state index >= 15 is 0 Å². The fraction of sp³-hybridized carbons (Fsp3) is 0.625. The SMILES string of the molecule is NC(=NO)c1nonc1NCCS(=O)(=O)N1CCC1. The monoisotopic (exact) mass is 290 g/mol. The van der Waals surface area contributed by atoms with E-state index in [9.17, 15) is 8.42 Å². The lowest BCUT2D eigenvalue weighted by Crippen LogP contribution is -2.44. The van der Waals surface area contributed by atoms with Crippen LogP contribution in [0.5, 0.6) is 0 Å². The van der Waals surface area contributed by atoms with Gasteiger partial charge in [-0.05, 0) is 16.7 Å². The van der Waals surface area contributed by atoms with Crippen molar-refractivity contribution < 1.29 is 18.3 Å². The molecule has 1 aliphatic rings. The minimum absolute atomic E-state index is 0.0313. The fourth-order valence-corrected chi connectivity index (χ4v) is 2.95. The molecule has 1 aromatic heterocycles. The summed E-state index contributed by atoms with van der Waals surface area (Å²) in [5.41, 5.74) is 5.38. The highest BCUT2D eigenvalue weighted by molar-refractivity contribution is 7.89. The lowest BCUT2D eigenvalue weighted by atomic mass is 10.3. The summed E-state index contributed by atoms with van der Waals surface area (Å²) in [6.07, 6.45) is 0.896. The van der Waals surface area contributed by atoms with E-state index in [1.165, 1.54) is 4.31 Å². The second kappa shape index (κ2) is 5.40. The molecular formula is C8H14N6O4S. The molecule has 1 saturated heterocycles. The fourth-order valence-electron chi connectivity index (χ4n) is 1.51. The minimum atomic E-state index is -3.23. The van der Waals surface area contributed by atoms with Gasteiger partial charge in [0, 0.05) is 19.6 Å². The predicted molar refractivity (Wildman–Crippen MR) is 65.3 cm³/mol. The Morgan fingerprint density at radius 1 is 1.53 bits per heavy atom. The van der Waals surface area contributed by atoms with E-state index < -0.39 is 10.0 Å². The molecule has 4 N–H and O–H groups in total. The number of amidine groups is 1. The number of hydrogen-bond acceptors (Lipinski definition) is 8. The van der Waals surface area contributed by atoms with Crippen LogP contribution in [0.3, 0.4) is 0 Å². The number of rotatable bonds is 6. The Morgan fingerprint density at radius 3 is 2.84 bits per heavy atom. The summed E-state index contributed by atoms with van der Waals surface area (Å²) < 4.78 is 29.4. The first-order valence-electron chi connectivity index (χ1n) is 5.57. The molecule has 19 heavy (non-hydrogen) atoms. The molecule has 11 heteroatoms. The van der Waals surface area contributed by atoms with Crippen LogP contribution >= 0.6 is 0 Å². The number of nitrogens with zero attached hydrogens (tertiary/aromatic N) is 4. The van der Waals surface area contributed by atoms with E-state index in [-0.39, 0.29) is 29.6 Å². The molecule has 0 amide bonds. The Labute approximate surface area is 109 Å². The minimum Gasteiger partial charge on any atom is -0.409 e. The summed E-state index contributed by atoms with van der Waals surface area (Å²) in [5, 5.41) is 21.0. The average molecular weight is 290 g/mol. The molecule has 0 spiro atoms. The normalized spacial score (nSPS) is 17.2. The maximum Gasteiger partial charge on any atom is 0.215 e. The number of nitrogens with one attached hydrogen (secondary N) is 1. The van der Waals surface area contributed by atoms with Crippen molar-refractivity contribution in [2.75, 3.05) is 30.7 Å². The van der Waals surface area contributed by atoms with Gasteiger partial charge in [0.2, 0.25) is 15.8 Å². The summed E-state index contributed by atoms with van der Waals surface area (Å²) in [5.74, 6) is -0.210. The summed E-state index contributed by atoms with van der Waals surface area (Å²) in [7, 11) is -3.23. The largest absolute Gasteiger partial charge is 0.409 e. The van der Waals surface area contributed by atoms with Gasteiger partial charge < -0.3 is 16.3 Å². The van der Waals surface area contributed by atoms with E-state index in [4.69, 9.17) is 10.9 Å². The first kappa shape index (κ1) is 13.5. The quantitative estimate of drug-likeness (QED) is 0.251. The molecular weight excluding hydrogens is 276 g/mol. The standard InChI is InChI=1S/C8H14N6O4S/c9-7(11-15)6-8(13-18-12-6)10-2-5-19(16,17)14-3-1-4-14/h15H,1-5H2,(H2,9,11)(H,10,13). The van der Waals surface area contributed by atoms with E-state index in [1.54, 1.807) is 0 Å². The topological polar surface area (TPSA) is 147 Å². The molecule has 1 fully saturated rings. The first-order valence-corrected chi connectivity index (χ1v) is 7.17. The molecule has 0 saturated carbocycles. The highest BCUT2D eigenvalue weighted by Gasteiger charge is 2.27. The van der Waals surface area contributed by atoms with Gasteiger partial charge in [-0.25, -0.2) is 17.4 Å². The van der Waals surface area contributed by atoms with Gasteiger partial charge in [0.15, 0.2) is 11.5 Å². The first-order chi connectivity index (χ1) is 9.04. The second-order valence-electron chi connectivity index (χ2n) is 3.94. The van der Waals surface area contributed by atoms with E-state index in [2.05, 4.69) is 25.4 Å². The van der Waals surface area contributed by atoms with Crippen LogP contribution in [0.2, 0.25) is 0 Å². The molecule has 2 rings (SSSR count). The van der Waals surface area contributed by atoms with Crippen LogP contribution in [0.1, 0.15) is 12.1 Å². The zero-order valence-corrected chi connectivity index (χ0v) is 10.8. The van der Waals surface area contributed by atoms with Crippen LogP contribution in [0.25, 0.3) is 0 Å². The van der Waals surface area contributed by atoms with Crippen molar-refractivity contribution in [3.8, 4) is 0 Å². The van der Waals surface area contributed by atoms with Crippen LogP contribution in [0.4, 0.5) is 5.82 Å². The van der Waals surface area contributed by atoms with Crippen LogP contribution < -0.4 is 11.1 Å². The van der Waals surface area contributed by atoms with E-state index in [0.717, 1.165) is 6.42 Å². The average Bonchev–Trinajstić information content (AvgIpc) is 2.73. The molecule has 0 aliphatic carbocycles. The molecule has 10 nitrogen and oxygen atoms in total. The van der Waals surface area contributed by atoms with Gasteiger partial charge in [-0.2, -0.15) is 0 Å². The van der Waals surface area contributed by atoms with Crippen molar-refractivity contribution in [1.29, 1.82) is 0 Å². The summed E-state index contributed by atoms with van der Waals surface area (Å²) in [6.45, 7) is 1.27. The number of sulfonamides is 1. The van der Waals surface area contributed by atoms with E-state index in [1.807, 2.05) is 0 Å². The molecule has 1 aromatic rings. The Bertz CT molecular complexity index is 564. The van der Waals surface area contributed by atoms with Crippen molar-refractivity contribution >= 4 is 21.7 Å². The second-order valence-corrected chi connectivity index (χ2v) is 6.03. The maximum absolute atomic E-state index is 11.8.